The molecule has 0 bridgehead atoms. The van der Waals surface area contributed by atoms with Gasteiger partial charge in [-0.3, -0.25) is 9.48 Å². The maximum atomic E-state index is 12.9. The molecule has 0 unspecified atom stereocenters. The van der Waals surface area contributed by atoms with Crippen molar-refractivity contribution in [2.45, 2.75) is 51.4 Å². The van der Waals surface area contributed by atoms with E-state index in [0.717, 1.165) is 24.2 Å². The van der Waals surface area contributed by atoms with Gasteiger partial charge in [0, 0.05) is 31.4 Å². The highest BCUT2D eigenvalue weighted by Crippen LogP contribution is 2.48. The molecule has 2 heterocycles. The number of ketones is 1. The van der Waals surface area contributed by atoms with Gasteiger partial charge in [0.25, 0.3) is 0 Å². The lowest BCUT2D eigenvalue weighted by Gasteiger charge is -2.37. The molecule has 0 amide bonds. The number of aromatic nitrogens is 2. The summed E-state index contributed by atoms with van der Waals surface area (Å²) in [5.41, 5.74) is 8.63. The van der Waals surface area contributed by atoms with Crippen molar-refractivity contribution in [3.63, 3.8) is 0 Å². The van der Waals surface area contributed by atoms with Crippen molar-refractivity contribution in [3.8, 4) is 6.07 Å². The van der Waals surface area contributed by atoms with Gasteiger partial charge in [0.05, 0.1) is 17.3 Å². The van der Waals surface area contributed by atoms with Crippen LogP contribution in [0.1, 0.15) is 62.8 Å². The molecule has 1 saturated carbocycles. The molecule has 0 saturated heterocycles. The van der Waals surface area contributed by atoms with Gasteiger partial charge in [-0.25, -0.2) is 0 Å². The molecule has 2 N–H and O–H groups in total. The Balaban J connectivity index is 1.87. The number of hydrogen-bond acceptors (Lipinski definition) is 5. The summed E-state index contributed by atoms with van der Waals surface area (Å²) in [7, 11) is 1.86. The first-order chi connectivity index (χ1) is 11.8. The van der Waals surface area contributed by atoms with Crippen molar-refractivity contribution in [2.24, 2.45) is 18.2 Å². The van der Waals surface area contributed by atoms with Crippen molar-refractivity contribution in [2.75, 3.05) is 0 Å². The summed E-state index contributed by atoms with van der Waals surface area (Å²) < 4.78 is 7.51. The van der Waals surface area contributed by atoms with E-state index in [2.05, 4.69) is 11.2 Å². The average molecular weight is 338 g/mol. The summed E-state index contributed by atoms with van der Waals surface area (Å²) >= 11 is 0. The van der Waals surface area contributed by atoms with Gasteiger partial charge in [-0.15, -0.1) is 0 Å². The number of nitriles is 1. The third-order valence-corrected chi connectivity index (χ3v) is 5.30. The first kappa shape index (κ1) is 15.9. The van der Waals surface area contributed by atoms with Crippen LogP contribution >= 0.6 is 0 Å². The molecule has 1 aromatic rings. The molecule has 4 rings (SSSR count). The fourth-order valence-electron chi connectivity index (χ4n) is 3.93. The average Bonchev–Trinajstić information content (AvgIpc) is 3.28. The molecule has 1 aliphatic heterocycles. The summed E-state index contributed by atoms with van der Waals surface area (Å²) in [6.07, 6.45) is 3.37. The Labute approximate surface area is 146 Å². The van der Waals surface area contributed by atoms with Crippen LogP contribution in [0.25, 0.3) is 0 Å². The molecule has 0 aromatic carbocycles. The van der Waals surface area contributed by atoms with E-state index in [4.69, 9.17) is 10.5 Å². The zero-order chi connectivity index (χ0) is 17.9. The Morgan fingerprint density at radius 2 is 2.12 bits per heavy atom. The number of hydrogen-bond donors (Lipinski definition) is 1. The van der Waals surface area contributed by atoms with E-state index < -0.39 is 5.92 Å². The maximum Gasteiger partial charge on any atom is 0.205 e. The number of nitrogens with zero attached hydrogens (tertiary/aromatic N) is 3. The predicted molar refractivity (Wildman–Crippen MR) is 90.9 cm³/mol. The molecular formula is C19H22N4O2. The van der Waals surface area contributed by atoms with Crippen LogP contribution in [0.2, 0.25) is 0 Å². The molecule has 25 heavy (non-hydrogen) atoms. The highest BCUT2D eigenvalue weighted by atomic mass is 16.5. The quantitative estimate of drug-likeness (QED) is 0.895. The second-order valence-corrected chi connectivity index (χ2v) is 8.09. The summed E-state index contributed by atoms with van der Waals surface area (Å²) in [5, 5.41) is 14.3. The van der Waals surface area contributed by atoms with Crippen molar-refractivity contribution >= 4 is 5.78 Å². The van der Waals surface area contributed by atoms with Crippen LogP contribution in [-0.4, -0.2) is 15.6 Å². The van der Waals surface area contributed by atoms with Gasteiger partial charge in [0.1, 0.15) is 17.4 Å². The zero-order valence-electron chi connectivity index (χ0n) is 14.8. The van der Waals surface area contributed by atoms with Crippen LogP contribution in [0.3, 0.4) is 0 Å². The van der Waals surface area contributed by atoms with Crippen molar-refractivity contribution in [3.05, 3.63) is 40.2 Å². The van der Waals surface area contributed by atoms with E-state index in [1.807, 2.05) is 27.0 Å². The van der Waals surface area contributed by atoms with Crippen molar-refractivity contribution < 1.29 is 9.53 Å². The SMILES string of the molecule is Cn1nc(C2CC2)cc1[C@@H]1C(C#N)=C(N)OC2=C1C(=O)CC(C)(C)C2. The van der Waals surface area contributed by atoms with Gasteiger partial charge < -0.3 is 10.5 Å². The third-order valence-electron chi connectivity index (χ3n) is 5.30. The van der Waals surface area contributed by atoms with Gasteiger partial charge >= 0.3 is 0 Å². The van der Waals surface area contributed by atoms with Crippen LogP contribution in [0.5, 0.6) is 0 Å². The number of nitrogens with two attached hydrogens (primary N) is 1. The van der Waals surface area contributed by atoms with Gasteiger partial charge in [-0.2, -0.15) is 10.4 Å². The summed E-state index contributed by atoms with van der Waals surface area (Å²) in [6.45, 7) is 4.09. The molecule has 0 spiro atoms. The van der Waals surface area contributed by atoms with Crippen molar-refractivity contribution in [1.29, 1.82) is 5.26 Å². The first-order valence-electron chi connectivity index (χ1n) is 8.68. The van der Waals surface area contributed by atoms with Gasteiger partial charge in [-0.05, 0) is 24.3 Å². The lowest BCUT2D eigenvalue weighted by molar-refractivity contribution is -0.119. The van der Waals surface area contributed by atoms with E-state index in [1.165, 1.54) is 0 Å². The topological polar surface area (TPSA) is 93.9 Å². The molecular weight excluding hydrogens is 316 g/mol. The highest BCUT2D eigenvalue weighted by Gasteiger charge is 2.44. The minimum absolute atomic E-state index is 0.0330. The number of ether oxygens (including phenoxy) is 1. The van der Waals surface area contributed by atoms with E-state index in [0.29, 0.717) is 35.7 Å². The number of carbonyl (C=O) groups is 1. The molecule has 6 nitrogen and oxygen atoms in total. The standard InChI is InChI=1S/C19H22N4O2/c1-19(2)7-14(24)17-15(8-19)25-18(21)11(9-20)16(17)13-6-12(10-4-5-10)22-23(13)3/h6,10,16H,4-5,7-8,21H2,1-3H3/t16-/m0/s1. The Bertz CT molecular complexity index is 878. The normalized spacial score (nSPS) is 25.5. The lowest BCUT2D eigenvalue weighted by atomic mass is 9.71. The Kier molecular flexibility index (Phi) is 3.33. The van der Waals surface area contributed by atoms with E-state index >= 15 is 0 Å². The van der Waals surface area contributed by atoms with Crippen LogP contribution in [0.4, 0.5) is 0 Å². The minimum atomic E-state index is -0.484. The largest absolute Gasteiger partial charge is 0.444 e. The molecule has 1 aromatic heterocycles. The number of carbonyl (C=O) groups excluding carboxylic acids is 1. The first-order valence-corrected chi connectivity index (χ1v) is 8.68. The monoisotopic (exact) mass is 338 g/mol. The van der Waals surface area contributed by atoms with Crippen LogP contribution in [-0.2, 0) is 16.6 Å². The Morgan fingerprint density at radius 3 is 2.76 bits per heavy atom. The summed E-state index contributed by atoms with van der Waals surface area (Å²) in [5.74, 6) is 0.761. The third kappa shape index (κ3) is 2.55. The Morgan fingerprint density at radius 1 is 1.40 bits per heavy atom. The van der Waals surface area contributed by atoms with Gasteiger partial charge in [0.15, 0.2) is 5.78 Å². The number of aryl methyl sites for hydroxylation is 1. The molecule has 1 atom stereocenters. The van der Waals surface area contributed by atoms with E-state index in [1.54, 1.807) is 4.68 Å². The fraction of sp³-hybridized carbons (Fsp3) is 0.526. The van der Waals surface area contributed by atoms with Crippen LogP contribution in [0, 0.1) is 16.7 Å². The second kappa shape index (κ2) is 5.22. The number of allylic oxidation sites excluding steroid dienone is 3. The molecule has 1 fully saturated rings. The molecule has 130 valence electrons. The molecule has 6 heteroatoms. The van der Waals surface area contributed by atoms with Gasteiger partial charge in [0.2, 0.25) is 5.88 Å². The highest BCUT2D eigenvalue weighted by molar-refractivity contribution is 5.99. The molecule has 2 aliphatic carbocycles. The molecule has 0 radical (unpaired) electrons. The molecule has 3 aliphatic rings. The Hall–Kier alpha value is -2.55. The van der Waals surface area contributed by atoms with E-state index in [9.17, 15) is 10.1 Å². The summed E-state index contributed by atoms with van der Waals surface area (Å²) in [6, 6.07) is 4.18. The van der Waals surface area contributed by atoms with Crippen LogP contribution < -0.4 is 5.73 Å². The smallest absolute Gasteiger partial charge is 0.205 e. The number of rotatable bonds is 2. The van der Waals surface area contributed by atoms with E-state index in [-0.39, 0.29) is 17.1 Å². The maximum absolute atomic E-state index is 12.9. The fourth-order valence-corrected chi connectivity index (χ4v) is 3.93. The number of Topliss-reactive ketones (excluding diaryl/α,β-unsaturated/α-hetero) is 1. The zero-order valence-corrected chi connectivity index (χ0v) is 14.8. The van der Waals surface area contributed by atoms with Gasteiger partial charge in [-0.1, -0.05) is 13.8 Å². The van der Waals surface area contributed by atoms with Crippen molar-refractivity contribution in [1.82, 2.24) is 9.78 Å². The summed E-state index contributed by atoms with van der Waals surface area (Å²) in [4.78, 5) is 12.9. The predicted octanol–water partition coefficient (Wildman–Crippen LogP) is 2.75. The second-order valence-electron chi connectivity index (χ2n) is 8.09. The lowest BCUT2D eigenvalue weighted by Crippen LogP contribution is -2.34. The minimum Gasteiger partial charge on any atom is -0.444 e. The van der Waals surface area contributed by atoms with Crippen LogP contribution in [0.15, 0.2) is 28.9 Å².